The number of esters is 1. The molecule has 3 aromatic carbocycles. The number of hydrogen-bond donors (Lipinski definition) is 1. The quantitative estimate of drug-likeness (QED) is 0.212. The summed E-state index contributed by atoms with van der Waals surface area (Å²) in [4.78, 5) is 29.0. The second kappa shape index (κ2) is 11.4. The number of hydrogen-bond acceptors (Lipinski definition) is 6. The molecular formula is C31H26N2O5S. The lowest BCUT2D eigenvalue weighted by atomic mass is 10.0. The van der Waals surface area contributed by atoms with Crippen LogP contribution in [0.3, 0.4) is 0 Å². The van der Waals surface area contributed by atoms with Crippen molar-refractivity contribution in [3.63, 3.8) is 0 Å². The van der Waals surface area contributed by atoms with Gasteiger partial charge in [-0.2, -0.15) is 0 Å². The standard InChI is InChI=1S/C31H26N2O5S/c1-3-37-31(35)27-26(22-11-15-23(36-2)16-12-22)18-33-28(27)32-29(34)25(30(33)39)17-20-9-13-24(14-10-20)38-19-21-7-5-4-6-8-21/h4-18H,3,19H2,1-2H3,(H,32,34). The third-order valence-corrected chi connectivity index (χ3v) is 6.67. The second-order valence-electron chi connectivity index (χ2n) is 8.75. The summed E-state index contributed by atoms with van der Waals surface area (Å²) in [6, 6.07) is 24.6. The van der Waals surface area contributed by atoms with Gasteiger partial charge in [-0.3, -0.25) is 9.20 Å². The van der Waals surface area contributed by atoms with Crippen molar-refractivity contribution >= 4 is 29.9 Å². The molecule has 0 amide bonds. The number of carbonyl (C=O) groups is 1. The van der Waals surface area contributed by atoms with Crippen molar-refractivity contribution in [2.75, 3.05) is 13.7 Å². The van der Waals surface area contributed by atoms with Crippen molar-refractivity contribution in [2.45, 2.75) is 13.5 Å². The minimum Gasteiger partial charge on any atom is -0.497 e. The Bertz CT molecular complexity index is 1790. The van der Waals surface area contributed by atoms with Crippen LogP contribution in [0.1, 0.15) is 28.4 Å². The van der Waals surface area contributed by atoms with E-state index in [1.165, 1.54) is 0 Å². The molecule has 0 bridgehead atoms. The van der Waals surface area contributed by atoms with Crippen LogP contribution in [0.15, 0.2) is 89.9 Å². The number of rotatable bonds is 8. The van der Waals surface area contributed by atoms with Gasteiger partial charge in [0.2, 0.25) is 0 Å². The van der Waals surface area contributed by atoms with Gasteiger partial charge in [0.1, 0.15) is 34.0 Å². The minimum absolute atomic E-state index is 0.195. The zero-order valence-electron chi connectivity index (χ0n) is 21.5. The summed E-state index contributed by atoms with van der Waals surface area (Å²) in [5, 5.41) is 0.308. The Morgan fingerprint density at radius 2 is 1.67 bits per heavy atom. The molecule has 0 radical (unpaired) electrons. The average Bonchev–Trinajstić information content (AvgIpc) is 3.35. The van der Waals surface area contributed by atoms with Gasteiger partial charge in [0.25, 0.3) is 5.56 Å². The zero-order valence-corrected chi connectivity index (χ0v) is 22.3. The van der Waals surface area contributed by atoms with Gasteiger partial charge < -0.3 is 19.2 Å². The molecule has 0 saturated heterocycles. The van der Waals surface area contributed by atoms with Gasteiger partial charge in [-0.25, -0.2) is 4.79 Å². The van der Waals surface area contributed by atoms with Crippen molar-refractivity contribution in [1.82, 2.24) is 9.38 Å². The van der Waals surface area contributed by atoms with E-state index in [0.29, 0.717) is 28.9 Å². The first-order chi connectivity index (χ1) is 19.0. The smallest absolute Gasteiger partial charge is 0.342 e. The maximum atomic E-state index is 13.2. The average molecular weight is 539 g/mol. The van der Waals surface area contributed by atoms with E-state index in [1.54, 1.807) is 42.8 Å². The predicted octanol–water partition coefficient (Wildman–Crippen LogP) is 5.34. The van der Waals surface area contributed by atoms with E-state index in [0.717, 1.165) is 16.7 Å². The highest BCUT2D eigenvalue weighted by molar-refractivity contribution is 7.71. The van der Waals surface area contributed by atoms with Crippen molar-refractivity contribution in [3.8, 4) is 22.6 Å². The maximum Gasteiger partial charge on any atom is 0.342 e. The van der Waals surface area contributed by atoms with Crippen LogP contribution in [0.4, 0.5) is 0 Å². The Hall–Kier alpha value is -4.69. The molecule has 8 heteroatoms. The third-order valence-electron chi connectivity index (χ3n) is 6.25. The zero-order chi connectivity index (χ0) is 27.4. The normalized spacial score (nSPS) is 11.5. The number of nitrogens with zero attached hydrogens (tertiary/aromatic N) is 1. The van der Waals surface area contributed by atoms with E-state index in [9.17, 15) is 9.59 Å². The molecule has 0 fully saturated rings. The molecule has 0 aliphatic rings. The Morgan fingerprint density at radius 1 is 0.974 bits per heavy atom. The summed E-state index contributed by atoms with van der Waals surface area (Å²) < 4.78 is 18.4. The summed E-state index contributed by atoms with van der Waals surface area (Å²) >= 11 is 5.73. The SMILES string of the molecule is CCOC(=O)c1c(-c2ccc(OC)cc2)cn2c(=S)c(=Cc3ccc(OCc4ccccc4)cc3)c(=O)[nH]c12. The van der Waals surface area contributed by atoms with E-state index in [1.807, 2.05) is 66.7 Å². The van der Waals surface area contributed by atoms with E-state index in [4.69, 9.17) is 26.4 Å². The summed E-state index contributed by atoms with van der Waals surface area (Å²) in [6.07, 6.45) is 3.47. The van der Waals surface area contributed by atoms with E-state index in [2.05, 4.69) is 4.98 Å². The molecule has 7 nitrogen and oxygen atoms in total. The Balaban J connectivity index is 1.54. The number of aromatic amines is 1. The minimum atomic E-state index is -0.543. The molecule has 0 aliphatic heterocycles. The van der Waals surface area contributed by atoms with Gasteiger partial charge in [0.05, 0.1) is 18.9 Å². The fourth-order valence-corrected chi connectivity index (χ4v) is 4.58. The van der Waals surface area contributed by atoms with Gasteiger partial charge in [-0.1, -0.05) is 66.8 Å². The fourth-order valence-electron chi connectivity index (χ4n) is 4.29. The molecule has 196 valence electrons. The van der Waals surface area contributed by atoms with E-state index in [-0.39, 0.29) is 22.5 Å². The lowest BCUT2D eigenvalue weighted by Crippen LogP contribution is -2.30. The number of H-pyrrole nitrogens is 1. The first-order valence-electron chi connectivity index (χ1n) is 12.4. The number of nitrogens with one attached hydrogen (secondary N) is 1. The number of aromatic nitrogens is 2. The van der Waals surface area contributed by atoms with Crippen LogP contribution in [0.5, 0.6) is 11.5 Å². The van der Waals surface area contributed by atoms with E-state index >= 15 is 0 Å². The molecule has 2 heterocycles. The summed E-state index contributed by atoms with van der Waals surface area (Å²) in [6.45, 7) is 2.39. The molecule has 39 heavy (non-hydrogen) atoms. The highest BCUT2D eigenvalue weighted by atomic mass is 32.1. The van der Waals surface area contributed by atoms with Gasteiger partial charge in [-0.15, -0.1) is 0 Å². The lowest BCUT2D eigenvalue weighted by molar-refractivity contribution is 0.0529. The molecular weight excluding hydrogens is 512 g/mol. The summed E-state index contributed by atoms with van der Waals surface area (Å²) in [7, 11) is 1.59. The van der Waals surface area contributed by atoms with Crippen molar-refractivity contribution in [2.24, 2.45) is 0 Å². The van der Waals surface area contributed by atoms with Crippen LogP contribution >= 0.6 is 12.2 Å². The molecule has 0 saturated carbocycles. The number of fused-ring (bicyclic) bond motifs is 1. The number of carbonyl (C=O) groups excluding carboxylic acids is 1. The highest BCUT2D eigenvalue weighted by Crippen LogP contribution is 2.30. The highest BCUT2D eigenvalue weighted by Gasteiger charge is 2.22. The van der Waals surface area contributed by atoms with Gasteiger partial charge in [0, 0.05) is 11.8 Å². The van der Waals surface area contributed by atoms with Gasteiger partial charge in [-0.05, 0) is 54.0 Å². The van der Waals surface area contributed by atoms with Crippen molar-refractivity contribution in [3.05, 3.63) is 122 Å². The molecule has 5 aromatic rings. The summed E-state index contributed by atoms with van der Waals surface area (Å²) in [5.41, 5.74) is 3.34. The summed E-state index contributed by atoms with van der Waals surface area (Å²) in [5.74, 6) is 0.859. The molecule has 5 rings (SSSR count). The molecule has 1 N–H and O–H groups in total. The van der Waals surface area contributed by atoms with Crippen molar-refractivity contribution < 1.29 is 19.0 Å². The second-order valence-corrected chi connectivity index (χ2v) is 9.13. The largest absolute Gasteiger partial charge is 0.497 e. The topological polar surface area (TPSA) is 82.0 Å². The van der Waals surface area contributed by atoms with Crippen LogP contribution in [0.2, 0.25) is 0 Å². The molecule has 0 unspecified atom stereocenters. The number of ether oxygens (including phenoxy) is 3. The first-order valence-corrected chi connectivity index (χ1v) is 12.8. The van der Waals surface area contributed by atoms with Gasteiger partial charge in [0.15, 0.2) is 0 Å². The molecule has 0 spiro atoms. The van der Waals surface area contributed by atoms with Crippen LogP contribution in [-0.4, -0.2) is 29.1 Å². The monoisotopic (exact) mass is 538 g/mol. The maximum absolute atomic E-state index is 13.2. The number of methoxy groups -OCH3 is 1. The molecule has 2 aromatic heterocycles. The number of benzene rings is 3. The Labute approximate surface area is 229 Å². The fraction of sp³-hybridized carbons (Fsp3) is 0.129. The van der Waals surface area contributed by atoms with Crippen LogP contribution in [0.25, 0.3) is 22.9 Å². The Kier molecular flexibility index (Phi) is 7.56. The van der Waals surface area contributed by atoms with Crippen LogP contribution < -0.4 is 20.3 Å². The first kappa shape index (κ1) is 25.9. The molecule has 0 aliphatic carbocycles. The lowest BCUT2D eigenvalue weighted by Gasteiger charge is -2.06. The van der Waals surface area contributed by atoms with Gasteiger partial charge >= 0.3 is 5.97 Å². The van der Waals surface area contributed by atoms with E-state index < -0.39 is 11.5 Å². The van der Waals surface area contributed by atoms with Crippen molar-refractivity contribution in [1.29, 1.82) is 0 Å². The van der Waals surface area contributed by atoms with Crippen LogP contribution in [-0.2, 0) is 11.3 Å². The predicted molar refractivity (Wildman–Crippen MR) is 153 cm³/mol. The Morgan fingerprint density at radius 3 is 2.33 bits per heavy atom. The third kappa shape index (κ3) is 5.46. The molecule has 0 atom stereocenters. The van der Waals surface area contributed by atoms with Crippen LogP contribution in [0, 0.1) is 4.64 Å².